The molecule has 0 spiro atoms. The first-order valence-corrected chi connectivity index (χ1v) is 13.8. The smallest absolute Gasteiger partial charge is 0.308 e. The number of hydrogen-bond donors (Lipinski definition) is 0. The maximum atomic E-state index is 12.5. The van der Waals surface area contributed by atoms with E-state index in [1.165, 1.54) is 38.5 Å². The van der Waals surface area contributed by atoms with E-state index >= 15 is 0 Å². The van der Waals surface area contributed by atoms with Gasteiger partial charge in [0.15, 0.2) is 12.4 Å². The molecule has 1 atom stereocenters. The van der Waals surface area contributed by atoms with Gasteiger partial charge in [0.2, 0.25) is 0 Å². The van der Waals surface area contributed by atoms with Crippen LogP contribution in [-0.4, -0.2) is 24.5 Å². The number of ketones is 1. The molecule has 35 heavy (non-hydrogen) atoms. The monoisotopic (exact) mass is 544 g/mol. The average molecular weight is 546 g/mol. The van der Waals surface area contributed by atoms with E-state index in [4.69, 9.17) is 9.47 Å². The molecule has 0 bridgehead atoms. The van der Waals surface area contributed by atoms with Gasteiger partial charge in [-0.2, -0.15) is 0 Å². The lowest BCUT2D eigenvalue weighted by molar-refractivity contribution is -0.146. The molecule has 0 aliphatic heterocycles. The van der Waals surface area contributed by atoms with Crippen molar-refractivity contribution in [2.45, 2.75) is 90.8 Å². The highest BCUT2D eigenvalue weighted by atomic mass is 79.9. The van der Waals surface area contributed by atoms with Crippen molar-refractivity contribution in [1.82, 2.24) is 0 Å². The van der Waals surface area contributed by atoms with Crippen LogP contribution in [0.25, 0.3) is 0 Å². The van der Waals surface area contributed by atoms with Gasteiger partial charge in [-0.05, 0) is 30.0 Å². The van der Waals surface area contributed by atoms with Crippen molar-refractivity contribution in [2.24, 2.45) is 5.92 Å². The maximum Gasteiger partial charge on any atom is 0.308 e. The molecule has 0 amide bonds. The van der Waals surface area contributed by atoms with Crippen molar-refractivity contribution in [3.63, 3.8) is 0 Å². The Kier molecular flexibility index (Phi) is 14.6. The Morgan fingerprint density at radius 1 is 0.800 bits per heavy atom. The van der Waals surface area contributed by atoms with Gasteiger partial charge >= 0.3 is 5.97 Å². The summed E-state index contributed by atoms with van der Waals surface area (Å²) in [6, 6.07) is 17.0. The van der Waals surface area contributed by atoms with Crippen molar-refractivity contribution in [1.29, 1.82) is 0 Å². The highest BCUT2D eigenvalue weighted by Gasteiger charge is 2.17. The summed E-state index contributed by atoms with van der Waals surface area (Å²) < 4.78 is 12.3. The molecule has 2 aromatic rings. The van der Waals surface area contributed by atoms with Crippen molar-refractivity contribution < 1.29 is 19.1 Å². The molecule has 0 heterocycles. The highest BCUT2D eigenvalue weighted by molar-refractivity contribution is 9.10. The van der Waals surface area contributed by atoms with Crippen molar-refractivity contribution in [3.8, 4) is 0 Å². The molecule has 0 saturated heterocycles. The molecule has 0 N–H and O–H groups in total. The van der Waals surface area contributed by atoms with E-state index in [1.54, 1.807) is 24.3 Å². The summed E-state index contributed by atoms with van der Waals surface area (Å²) in [4.78, 5) is 24.8. The SMILES string of the molecule is CC(C)CCCCCCCCC[C@H](CC(=O)OCC(=O)c1ccc(Br)cc1)OCc1ccccc1. The van der Waals surface area contributed by atoms with E-state index in [0.29, 0.717) is 12.2 Å². The van der Waals surface area contributed by atoms with Gasteiger partial charge in [0.05, 0.1) is 19.1 Å². The summed E-state index contributed by atoms with van der Waals surface area (Å²) in [6.07, 6.45) is 10.7. The second kappa shape index (κ2) is 17.4. The lowest BCUT2D eigenvalue weighted by Gasteiger charge is -2.17. The van der Waals surface area contributed by atoms with Crippen LogP contribution in [-0.2, 0) is 20.9 Å². The van der Waals surface area contributed by atoms with Crippen LogP contribution in [0.4, 0.5) is 0 Å². The van der Waals surface area contributed by atoms with E-state index in [0.717, 1.165) is 35.2 Å². The molecule has 0 saturated carbocycles. The van der Waals surface area contributed by atoms with Crippen LogP contribution in [0, 0.1) is 5.92 Å². The van der Waals surface area contributed by atoms with Gasteiger partial charge in [-0.3, -0.25) is 9.59 Å². The van der Waals surface area contributed by atoms with Gasteiger partial charge in [-0.1, -0.05) is 124 Å². The molecule has 2 aromatic carbocycles. The molecule has 0 radical (unpaired) electrons. The fourth-order valence-electron chi connectivity index (χ4n) is 3.95. The van der Waals surface area contributed by atoms with Crippen LogP contribution >= 0.6 is 15.9 Å². The summed E-state index contributed by atoms with van der Waals surface area (Å²) in [5, 5.41) is 0. The third-order valence-electron chi connectivity index (χ3n) is 6.06. The van der Waals surface area contributed by atoms with Gasteiger partial charge in [0.1, 0.15) is 0 Å². The number of rotatable bonds is 18. The lowest BCUT2D eigenvalue weighted by atomic mass is 10.0. The molecule has 0 aromatic heterocycles. The van der Waals surface area contributed by atoms with Crippen molar-refractivity contribution >= 4 is 27.7 Å². The maximum absolute atomic E-state index is 12.5. The van der Waals surface area contributed by atoms with Crippen molar-refractivity contribution in [2.75, 3.05) is 6.61 Å². The van der Waals surface area contributed by atoms with E-state index in [9.17, 15) is 9.59 Å². The first-order valence-electron chi connectivity index (χ1n) is 13.0. The van der Waals surface area contributed by atoms with Crippen molar-refractivity contribution in [3.05, 3.63) is 70.2 Å². The largest absolute Gasteiger partial charge is 0.457 e. The Morgan fingerprint density at radius 3 is 2.03 bits per heavy atom. The van der Waals surface area contributed by atoms with Gasteiger partial charge < -0.3 is 9.47 Å². The zero-order chi connectivity index (χ0) is 25.3. The van der Waals surface area contributed by atoms with Gasteiger partial charge in [0.25, 0.3) is 0 Å². The number of unbranched alkanes of at least 4 members (excludes halogenated alkanes) is 6. The molecular weight excluding hydrogens is 504 g/mol. The zero-order valence-corrected chi connectivity index (χ0v) is 22.9. The fraction of sp³-hybridized carbons (Fsp3) is 0.533. The second-order valence-corrected chi connectivity index (χ2v) is 10.6. The minimum atomic E-state index is -0.390. The molecule has 5 heteroatoms. The molecule has 0 aliphatic carbocycles. The molecule has 2 rings (SSSR count). The Labute approximate surface area is 219 Å². The number of halogens is 1. The predicted octanol–water partition coefficient (Wildman–Crippen LogP) is 8.32. The predicted molar refractivity (Wildman–Crippen MR) is 145 cm³/mol. The van der Waals surface area contributed by atoms with E-state index in [1.807, 2.05) is 30.3 Å². The van der Waals surface area contributed by atoms with E-state index < -0.39 is 5.97 Å². The number of carbonyl (C=O) groups is 2. The summed E-state index contributed by atoms with van der Waals surface area (Å²) in [7, 11) is 0. The summed E-state index contributed by atoms with van der Waals surface area (Å²) in [5.41, 5.74) is 1.61. The Bertz CT molecular complexity index is 848. The molecular formula is C30H41BrO4. The minimum Gasteiger partial charge on any atom is -0.457 e. The third-order valence-corrected chi connectivity index (χ3v) is 6.59. The number of ether oxygens (including phenoxy) is 2. The number of carbonyl (C=O) groups excluding carboxylic acids is 2. The second-order valence-electron chi connectivity index (χ2n) is 9.66. The number of hydrogen-bond acceptors (Lipinski definition) is 4. The van der Waals surface area contributed by atoms with Crippen LogP contribution in [0.2, 0.25) is 0 Å². The van der Waals surface area contributed by atoms with Crippen LogP contribution in [0.3, 0.4) is 0 Å². The zero-order valence-electron chi connectivity index (χ0n) is 21.3. The standard InChI is InChI=1S/C30H41BrO4/c1-24(2)13-9-6-4-3-5-7-12-16-28(34-22-25-14-10-8-11-15-25)21-30(33)35-23-29(32)26-17-19-27(31)20-18-26/h8,10-11,14-15,17-20,24,28H,3-7,9,12-13,16,21-23H2,1-2H3/t28-/m1/s1. The van der Waals surface area contributed by atoms with Crippen LogP contribution < -0.4 is 0 Å². The highest BCUT2D eigenvalue weighted by Crippen LogP contribution is 2.17. The third kappa shape index (κ3) is 13.6. The Hall–Kier alpha value is -1.98. The summed E-state index contributed by atoms with van der Waals surface area (Å²) in [6.45, 7) is 4.79. The van der Waals surface area contributed by atoms with E-state index in [2.05, 4.69) is 29.8 Å². The van der Waals surface area contributed by atoms with Gasteiger partial charge in [0, 0.05) is 10.0 Å². The first kappa shape index (κ1) is 29.3. The molecule has 4 nitrogen and oxygen atoms in total. The Balaban J connectivity index is 1.73. The minimum absolute atomic E-state index is 0.162. The topological polar surface area (TPSA) is 52.6 Å². The number of benzene rings is 2. The van der Waals surface area contributed by atoms with Gasteiger partial charge in [-0.15, -0.1) is 0 Å². The first-order chi connectivity index (χ1) is 16.9. The van der Waals surface area contributed by atoms with Crippen LogP contribution in [0.1, 0.15) is 94.0 Å². The lowest BCUT2D eigenvalue weighted by Crippen LogP contribution is -2.22. The van der Waals surface area contributed by atoms with Gasteiger partial charge in [-0.25, -0.2) is 0 Å². The normalized spacial score (nSPS) is 12.0. The molecule has 0 unspecified atom stereocenters. The molecule has 192 valence electrons. The average Bonchev–Trinajstić information content (AvgIpc) is 2.85. The number of Topliss-reactive ketones (excluding diaryl/α,β-unsaturated/α-hetero) is 1. The Morgan fingerprint density at radius 2 is 1.40 bits per heavy atom. The fourth-order valence-corrected chi connectivity index (χ4v) is 4.22. The summed E-state index contributed by atoms with van der Waals surface area (Å²) >= 11 is 3.35. The molecule has 0 fully saturated rings. The summed E-state index contributed by atoms with van der Waals surface area (Å²) in [5.74, 6) is 0.202. The van der Waals surface area contributed by atoms with E-state index in [-0.39, 0.29) is 24.9 Å². The molecule has 0 aliphatic rings. The quantitative estimate of drug-likeness (QED) is 0.107. The van der Waals surface area contributed by atoms with Crippen LogP contribution in [0.5, 0.6) is 0 Å². The number of esters is 1. The van der Waals surface area contributed by atoms with Crippen LogP contribution in [0.15, 0.2) is 59.1 Å².